The maximum absolute atomic E-state index is 11.4. The van der Waals surface area contributed by atoms with Gasteiger partial charge in [-0.05, 0) is 24.9 Å². The van der Waals surface area contributed by atoms with Crippen molar-refractivity contribution in [2.45, 2.75) is 32.6 Å². The fraction of sp³-hybridized carbons (Fsp3) is 0.533. The number of amides is 1. The van der Waals surface area contributed by atoms with Gasteiger partial charge in [-0.25, -0.2) is 0 Å². The molecule has 1 aromatic carbocycles. The normalized spacial score (nSPS) is 10.3. The molecule has 1 aromatic rings. The summed E-state index contributed by atoms with van der Waals surface area (Å²) in [5, 5.41) is 6.08. The van der Waals surface area contributed by atoms with Gasteiger partial charge in [0.05, 0.1) is 6.54 Å². The van der Waals surface area contributed by atoms with Crippen LogP contribution in [0.1, 0.15) is 31.7 Å². The Morgan fingerprint density at radius 1 is 1.11 bits per heavy atom. The van der Waals surface area contributed by atoms with E-state index in [1.165, 1.54) is 18.4 Å². The summed E-state index contributed by atoms with van der Waals surface area (Å²) < 4.78 is 0. The summed E-state index contributed by atoms with van der Waals surface area (Å²) in [7, 11) is 0. The highest BCUT2D eigenvalue weighted by molar-refractivity contribution is 5.77. The van der Waals surface area contributed by atoms with Crippen LogP contribution in [0.4, 0.5) is 0 Å². The lowest BCUT2D eigenvalue weighted by Gasteiger charge is -2.06. The first-order valence-electron chi connectivity index (χ1n) is 6.84. The van der Waals surface area contributed by atoms with Gasteiger partial charge in [0, 0.05) is 6.54 Å². The van der Waals surface area contributed by atoms with Gasteiger partial charge in [0.1, 0.15) is 0 Å². The van der Waals surface area contributed by atoms with E-state index in [4.69, 9.17) is 0 Å². The number of benzene rings is 1. The molecule has 3 nitrogen and oxygen atoms in total. The van der Waals surface area contributed by atoms with Gasteiger partial charge in [-0.3, -0.25) is 4.79 Å². The highest BCUT2D eigenvalue weighted by Gasteiger charge is 1.99. The van der Waals surface area contributed by atoms with Crippen molar-refractivity contribution in [3.63, 3.8) is 0 Å². The van der Waals surface area contributed by atoms with Crippen molar-refractivity contribution in [3.05, 3.63) is 35.9 Å². The molecular weight excluding hydrogens is 224 g/mol. The molecule has 0 saturated carbocycles. The molecule has 0 radical (unpaired) electrons. The molecule has 1 amide bonds. The second kappa shape index (κ2) is 9.66. The van der Waals surface area contributed by atoms with Crippen LogP contribution in [0.3, 0.4) is 0 Å². The van der Waals surface area contributed by atoms with Gasteiger partial charge in [0.2, 0.25) is 5.91 Å². The quantitative estimate of drug-likeness (QED) is 0.657. The van der Waals surface area contributed by atoms with E-state index in [0.29, 0.717) is 6.54 Å². The van der Waals surface area contributed by atoms with Crippen LogP contribution in [-0.4, -0.2) is 25.5 Å². The summed E-state index contributed by atoms with van der Waals surface area (Å²) in [5.74, 6) is 0.0964. The summed E-state index contributed by atoms with van der Waals surface area (Å²) in [5.41, 5.74) is 1.30. The Balaban J connectivity index is 1.99. The van der Waals surface area contributed by atoms with E-state index >= 15 is 0 Å². The van der Waals surface area contributed by atoms with Crippen LogP contribution in [0.25, 0.3) is 0 Å². The Morgan fingerprint density at radius 2 is 1.89 bits per heavy atom. The standard InChI is InChI=1S/C15H24N2O/c1-2-3-7-11-17-15(18)13-16-12-10-14-8-5-4-6-9-14/h4-6,8-9,16H,2-3,7,10-13H2,1H3,(H,17,18). The first kappa shape index (κ1) is 14.7. The fourth-order valence-electron chi connectivity index (χ4n) is 1.74. The van der Waals surface area contributed by atoms with Crippen molar-refractivity contribution in [1.82, 2.24) is 10.6 Å². The summed E-state index contributed by atoms with van der Waals surface area (Å²) in [6.07, 6.45) is 4.41. The van der Waals surface area contributed by atoms with Crippen molar-refractivity contribution in [2.75, 3.05) is 19.6 Å². The smallest absolute Gasteiger partial charge is 0.233 e. The molecular formula is C15H24N2O. The van der Waals surface area contributed by atoms with Gasteiger partial charge in [-0.1, -0.05) is 50.1 Å². The van der Waals surface area contributed by atoms with Crippen LogP contribution in [-0.2, 0) is 11.2 Å². The van der Waals surface area contributed by atoms with E-state index in [9.17, 15) is 4.79 Å². The molecule has 0 bridgehead atoms. The molecule has 0 aliphatic heterocycles. The number of nitrogens with one attached hydrogen (secondary N) is 2. The molecule has 100 valence electrons. The SMILES string of the molecule is CCCCCNC(=O)CNCCc1ccccc1. The maximum atomic E-state index is 11.4. The van der Waals surface area contributed by atoms with Crippen LogP contribution in [0.5, 0.6) is 0 Å². The molecule has 0 unspecified atom stereocenters. The Kier molecular flexibility index (Phi) is 7.89. The largest absolute Gasteiger partial charge is 0.355 e. The molecule has 0 aromatic heterocycles. The van der Waals surface area contributed by atoms with E-state index in [1.54, 1.807) is 0 Å². The molecule has 3 heteroatoms. The van der Waals surface area contributed by atoms with E-state index in [2.05, 4.69) is 29.7 Å². The minimum absolute atomic E-state index is 0.0964. The van der Waals surface area contributed by atoms with Gasteiger partial charge >= 0.3 is 0 Å². The first-order chi connectivity index (χ1) is 8.83. The number of carbonyl (C=O) groups is 1. The Bertz CT molecular complexity index is 325. The average molecular weight is 248 g/mol. The molecule has 1 rings (SSSR count). The fourth-order valence-corrected chi connectivity index (χ4v) is 1.74. The minimum Gasteiger partial charge on any atom is -0.355 e. The topological polar surface area (TPSA) is 41.1 Å². The van der Waals surface area contributed by atoms with E-state index in [1.807, 2.05) is 18.2 Å². The van der Waals surface area contributed by atoms with Crippen LogP contribution in [0.2, 0.25) is 0 Å². The predicted octanol–water partition coefficient (Wildman–Crippen LogP) is 2.13. The van der Waals surface area contributed by atoms with Crippen molar-refractivity contribution in [2.24, 2.45) is 0 Å². The summed E-state index contributed by atoms with van der Waals surface area (Å²) >= 11 is 0. The van der Waals surface area contributed by atoms with E-state index in [-0.39, 0.29) is 5.91 Å². The zero-order valence-electron chi connectivity index (χ0n) is 11.2. The van der Waals surface area contributed by atoms with Crippen molar-refractivity contribution in [1.29, 1.82) is 0 Å². The molecule has 2 N–H and O–H groups in total. The maximum Gasteiger partial charge on any atom is 0.233 e. The van der Waals surface area contributed by atoms with E-state index < -0.39 is 0 Å². The lowest BCUT2D eigenvalue weighted by atomic mass is 10.1. The second-order valence-electron chi connectivity index (χ2n) is 4.47. The number of hydrogen-bond acceptors (Lipinski definition) is 2. The van der Waals surface area contributed by atoms with E-state index in [0.717, 1.165) is 25.9 Å². The Hall–Kier alpha value is -1.35. The van der Waals surface area contributed by atoms with Gasteiger partial charge < -0.3 is 10.6 Å². The van der Waals surface area contributed by atoms with Crippen LogP contribution < -0.4 is 10.6 Å². The lowest BCUT2D eigenvalue weighted by molar-refractivity contribution is -0.120. The molecule has 0 saturated heterocycles. The van der Waals surface area contributed by atoms with Crippen molar-refractivity contribution < 1.29 is 4.79 Å². The first-order valence-corrected chi connectivity index (χ1v) is 6.84. The third-order valence-corrected chi connectivity index (χ3v) is 2.82. The van der Waals surface area contributed by atoms with Crippen LogP contribution in [0.15, 0.2) is 30.3 Å². The molecule has 0 atom stereocenters. The predicted molar refractivity (Wildman–Crippen MR) is 75.6 cm³/mol. The minimum atomic E-state index is 0.0964. The molecule has 0 fully saturated rings. The summed E-state index contributed by atoms with van der Waals surface area (Å²) in [4.78, 5) is 11.4. The molecule has 0 aliphatic carbocycles. The van der Waals surface area contributed by atoms with Crippen molar-refractivity contribution in [3.8, 4) is 0 Å². The van der Waals surface area contributed by atoms with Crippen LogP contribution in [0, 0.1) is 0 Å². The number of rotatable bonds is 9. The number of carbonyl (C=O) groups excluding carboxylic acids is 1. The third-order valence-electron chi connectivity index (χ3n) is 2.82. The van der Waals surface area contributed by atoms with Gasteiger partial charge in [-0.15, -0.1) is 0 Å². The molecule has 18 heavy (non-hydrogen) atoms. The Labute approximate surface area is 110 Å². The highest BCUT2D eigenvalue weighted by atomic mass is 16.1. The second-order valence-corrected chi connectivity index (χ2v) is 4.47. The highest BCUT2D eigenvalue weighted by Crippen LogP contribution is 1.97. The number of unbranched alkanes of at least 4 members (excludes halogenated alkanes) is 2. The average Bonchev–Trinajstić information content (AvgIpc) is 2.41. The molecule has 0 heterocycles. The lowest BCUT2D eigenvalue weighted by Crippen LogP contribution is -2.35. The van der Waals surface area contributed by atoms with Gasteiger partial charge in [-0.2, -0.15) is 0 Å². The van der Waals surface area contributed by atoms with Crippen molar-refractivity contribution >= 4 is 5.91 Å². The monoisotopic (exact) mass is 248 g/mol. The van der Waals surface area contributed by atoms with Gasteiger partial charge in [0.15, 0.2) is 0 Å². The molecule has 0 aliphatic rings. The zero-order valence-corrected chi connectivity index (χ0v) is 11.2. The van der Waals surface area contributed by atoms with Crippen LogP contribution >= 0.6 is 0 Å². The Morgan fingerprint density at radius 3 is 2.61 bits per heavy atom. The van der Waals surface area contributed by atoms with Gasteiger partial charge in [0.25, 0.3) is 0 Å². The summed E-state index contributed by atoms with van der Waals surface area (Å²) in [6.45, 7) is 4.21. The zero-order chi connectivity index (χ0) is 13.1. The third kappa shape index (κ3) is 7.07. The number of hydrogen-bond donors (Lipinski definition) is 2. The molecule has 0 spiro atoms. The summed E-state index contributed by atoms with van der Waals surface area (Å²) in [6, 6.07) is 10.3.